The minimum atomic E-state index is -1.30. The van der Waals surface area contributed by atoms with E-state index in [1.54, 1.807) is 0 Å². The molecule has 0 spiro atoms. The Bertz CT molecular complexity index is 521. The van der Waals surface area contributed by atoms with E-state index in [1.807, 2.05) is 13.8 Å². The first-order valence-electron chi connectivity index (χ1n) is 6.99. The van der Waals surface area contributed by atoms with Crippen LogP contribution in [-0.2, 0) is 14.4 Å². The number of amides is 2. The molecule has 22 heavy (non-hydrogen) atoms. The second-order valence-corrected chi connectivity index (χ2v) is 6.83. The molecule has 2 amide bonds. The molecule has 0 aromatic carbocycles. The molecule has 1 fully saturated rings. The number of thioether (sulfide) groups is 1. The van der Waals surface area contributed by atoms with E-state index >= 15 is 0 Å². The first-order chi connectivity index (χ1) is 9.84. The number of nitrogens with zero attached hydrogens (tertiary/aromatic N) is 1. The molecule has 0 aromatic heterocycles. The van der Waals surface area contributed by atoms with Crippen molar-refractivity contribution in [2.45, 2.75) is 33.2 Å². The Morgan fingerprint density at radius 1 is 1.45 bits per heavy atom. The number of nitrogens with one attached hydrogen (secondary N) is 1. The van der Waals surface area contributed by atoms with Gasteiger partial charge in [0.25, 0.3) is 0 Å². The second kappa shape index (κ2) is 7.86. The average Bonchev–Trinajstić information content (AvgIpc) is 2.68. The number of rotatable bonds is 6. The number of carboxylic acids is 1. The van der Waals surface area contributed by atoms with Crippen molar-refractivity contribution in [3.63, 3.8) is 0 Å². The molecular formula is C14H19N2NaO4S. The first kappa shape index (κ1) is 19.5. The molecule has 1 N–H and O–H groups in total. The van der Waals surface area contributed by atoms with Crippen LogP contribution >= 0.6 is 11.8 Å². The Morgan fingerprint density at radius 2 is 2.09 bits per heavy atom. The Kier molecular flexibility index (Phi) is 6.98. The third-order valence-corrected chi connectivity index (χ3v) is 4.95. The Hall–Kier alpha value is -0.500. The predicted molar refractivity (Wildman–Crippen MR) is 76.8 cm³/mol. The summed E-state index contributed by atoms with van der Waals surface area (Å²) in [4.78, 5) is 36.3. The minimum Gasteiger partial charge on any atom is -0.543 e. The first-order valence-corrected chi connectivity index (χ1v) is 7.98. The predicted octanol–water partition coefficient (Wildman–Crippen LogP) is -3.29. The number of carbonyl (C=O) groups excluding carboxylic acids is 3. The molecule has 0 unspecified atom stereocenters. The second-order valence-electron chi connectivity index (χ2n) is 5.64. The number of hydrogen-bond acceptors (Lipinski definition) is 5. The Morgan fingerprint density at radius 3 is 2.59 bits per heavy atom. The van der Waals surface area contributed by atoms with Crippen LogP contribution in [0.3, 0.4) is 0 Å². The van der Waals surface area contributed by atoms with Crippen LogP contribution < -0.4 is 40.0 Å². The van der Waals surface area contributed by atoms with Crippen LogP contribution in [0, 0.1) is 11.8 Å². The smallest absolute Gasteiger partial charge is 0.543 e. The van der Waals surface area contributed by atoms with Gasteiger partial charge in [-0.1, -0.05) is 13.8 Å². The van der Waals surface area contributed by atoms with Gasteiger partial charge in [-0.15, -0.1) is 11.8 Å². The quantitative estimate of drug-likeness (QED) is 0.312. The van der Waals surface area contributed by atoms with Gasteiger partial charge in [-0.3, -0.25) is 9.59 Å². The van der Waals surface area contributed by atoms with Gasteiger partial charge in [0.2, 0.25) is 11.8 Å². The van der Waals surface area contributed by atoms with Crippen molar-refractivity contribution in [1.82, 2.24) is 10.2 Å². The molecule has 0 aromatic rings. The molecule has 116 valence electrons. The number of fused-ring (bicyclic) bond motifs is 1. The maximum atomic E-state index is 12.1. The van der Waals surface area contributed by atoms with Gasteiger partial charge in [0.1, 0.15) is 0 Å². The van der Waals surface area contributed by atoms with E-state index < -0.39 is 5.97 Å². The fourth-order valence-corrected chi connectivity index (χ4v) is 4.01. The van der Waals surface area contributed by atoms with Gasteiger partial charge < -0.3 is 20.1 Å². The van der Waals surface area contributed by atoms with Crippen molar-refractivity contribution in [2.75, 3.05) is 12.3 Å². The standard InChI is InChI=1S/C14H20N2O4S.Na/c1-7(2)11-9-6-10(21-5-4-15-8(3)17)12(14(19)20)16(9)13(11)18;/h7,9,11H,4-6H2,1-3H3,(H,15,17)(H,19,20);/q;+1/p-1/t9-,11-;/m0./s1. The van der Waals surface area contributed by atoms with Gasteiger partial charge in [0.05, 0.1) is 23.6 Å². The van der Waals surface area contributed by atoms with Crippen molar-refractivity contribution < 1.29 is 49.0 Å². The van der Waals surface area contributed by atoms with Crippen molar-refractivity contribution in [3.8, 4) is 0 Å². The number of hydrogen-bond donors (Lipinski definition) is 1. The van der Waals surface area contributed by atoms with Crippen LogP contribution in [0.1, 0.15) is 27.2 Å². The summed E-state index contributed by atoms with van der Waals surface area (Å²) in [7, 11) is 0. The zero-order chi connectivity index (χ0) is 15.7. The number of aliphatic carboxylic acids is 1. The van der Waals surface area contributed by atoms with Crippen molar-refractivity contribution >= 4 is 29.5 Å². The summed E-state index contributed by atoms with van der Waals surface area (Å²) in [6, 6.07) is -0.0475. The van der Waals surface area contributed by atoms with E-state index in [1.165, 1.54) is 23.6 Å². The van der Waals surface area contributed by atoms with Gasteiger partial charge >= 0.3 is 29.6 Å². The molecule has 0 saturated carbocycles. The Labute approximate surface area is 156 Å². The fraction of sp³-hybridized carbons (Fsp3) is 0.643. The molecular weight excluding hydrogens is 315 g/mol. The third kappa shape index (κ3) is 3.69. The summed E-state index contributed by atoms with van der Waals surface area (Å²) in [6.07, 6.45) is 0.572. The average molecular weight is 334 g/mol. The van der Waals surface area contributed by atoms with E-state index in [9.17, 15) is 19.5 Å². The van der Waals surface area contributed by atoms with E-state index in [-0.39, 0.29) is 64.9 Å². The SMILES string of the molecule is CC(=O)NCCSC1=C(C(=O)[O-])N2C(=O)[C@@H](C(C)C)[C@@H]2C1.[Na+]. The number of β-lactam (4-membered cyclic amide) rings is 1. The molecule has 2 rings (SSSR count). The van der Waals surface area contributed by atoms with Crippen LogP contribution in [0.2, 0.25) is 0 Å². The van der Waals surface area contributed by atoms with Crippen molar-refractivity contribution in [2.24, 2.45) is 11.8 Å². The van der Waals surface area contributed by atoms with E-state index in [4.69, 9.17) is 0 Å². The van der Waals surface area contributed by atoms with Gasteiger partial charge in [-0.05, 0) is 5.92 Å². The largest absolute Gasteiger partial charge is 1.00 e. The molecule has 6 nitrogen and oxygen atoms in total. The normalized spacial score (nSPS) is 23.1. The number of carbonyl (C=O) groups is 3. The molecule has 0 aliphatic carbocycles. The van der Waals surface area contributed by atoms with Crippen LogP contribution in [0.4, 0.5) is 0 Å². The van der Waals surface area contributed by atoms with Crippen LogP contribution in [0.25, 0.3) is 0 Å². The summed E-state index contributed by atoms with van der Waals surface area (Å²) in [5, 5.41) is 14.0. The molecule has 2 atom stereocenters. The van der Waals surface area contributed by atoms with E-state index in [0.717, 1.165) is 0 Å². The summed E-state index contributed by atoms with van der Waals surface area (Å²) >= 11 is 1.38. The molecule has 2 aliphatic heterocycles. The maximum absolute atomic E-state index is 12.1. The van der Waals surface area contributed by atoms with Gasteiger partial charge in [-0.2, -0.15) is 0 Å². The molecule has 1 saturated heterocycles. The van der Waals surface area contributed by atoms with Crippen LogP contribution in [0.15, 0.2) is 10.6 Å². The van der Waals surface area contributed by atoms with Crippen LogP contribution in [-0.4, -0.2) is 41.0 Å². The summed E-state index contributed by atoms with van der Waals surface area (Å²) in [6.45, 7) is 5.85. The molecule has 8 heteroatoms. The Balaban J connectivity index is 0.00000242. The molecule has 0 bridgehead atoms. The molecule has 2 heterocycles. The van der Waals surface area contributed by atoms with Crippen molar-refractivity contribution in [1.29, 1.82) is 0 Å². The summed E-state index contributed by atoms with van der Waals surface area (Å²) in [5.74, 6) is -0.859. The monoisotopic (exact) mass is 334 g/mol. The summed E-state index contributed by atoms with van der Waals surface area (Å²) < 4.78 is 0. The fourth-order valence-electron chi connectivity index (χ4n) is 2.95. The maximum Gasteiger partial charge on any atom is 1.00 e. The van der Waals surface area contributed by atoms with E-state index in [0.29, 0.717) is 23.6 Å². The van der Waals surface area contributed by atoms with E-state index in [2.05, 4.69) is 5.32 Å². The van der Waals surface area contributed by atoms with Gasteiger partial charge in [0.15, 0.2) is 0 Å². The van der Waals surface area contributed by atoms with Crippen LogP contribution in [0.5, 0.6) is 0 Å². The zero-order valence-electron chi connectivity index (χ0n) is 13.3. The molecule has 0 radical (unpaired) electrons. The van der Waals surface area contributed by atoms with Gasteiger partial charge in [-0.25, -0.2) is 0 Å². The minimum absolute atomic E-state index is 0. The van der Waals surface area contributed by atoms with Crippen molar-refractivity contribution in [3.05, 3.63) is 10.6 Å². The summed E-state index contributed by atoms with van der Waals surface area (Å²) in [5.41, 5.74) is 0.0229. The third-order valence-electron chi connectivity index (χ3n) is 3.83. The molecule has 2 aliphatic rings. The topological polar surface area (TPSA) is 89.5 Å². The zero-order valence-corrected chi connectivity index (χ0v) is 16.2. The van der Waals surface area contributed by atoms with Gasteiger partial charge in [0, 0.05) is 30.5 Å². The number of carboxylic acid groups (broad SMARTS) is 1.